The molecule has 0 bridgehead atoms. The van der Waals surface area contributed by atoms with Crippen LogP contribution in [0, 0.1) is 0 Å². The largest absolute Gasteiger partial charge is 0.381 e. The zero-order valence-corrected chi connectivity index (χ0v) is 8.64. The lowest BCUT2D eigenvalue weighted by molar-refractivity contribution is 0.0780. The van der Waals surface area contributed by atoms with Crippen LogP contribution >= 0.6 is 0 Å². The van der Waals surface area contributed by atoms with Gasteiger partial charge in [0, 0.05) is 19.3 Å². The van der Waals surface area contributed by atoms with Crippen molar-refractivity contribution < 1.29 is 4.74 Å². The Bertz CT molecular complexity index is 113. The van der Waals surface area contributed by atoms with Crippen LogP contribution in [0.5, 0.6) is 0 Å². The first-order valence-corrected chi connectivity index (χ1v) is 5.39. The summed E-state index contributed by atoms with van der Waals surface area (Å²) >= 11 is 0. The summed E-state index contributed by atoms with van der Waals surface area (Å²) in [6.45, 7) is 4.17. The predicted molar refractivity (Wildman–Crippen MR) is 55.0 cm³/mol. The van der Waals surface area contributed by atoms with Crippen molar-refractivity contribution in [2.45, 2.75) is 31.7 Å². The number of unbranched alkanes of at least 4 members (excludes halogenated alkanes) is 1. The zero-order valence-electron chi connectivity index (χ0n) is 8.64. The normalized spacial score (nSPS) is 19.2. The van der Waals surface area contributed by atoms with Crippen LogP contribution in [0.3, 0.4) is 0 Å². The molecule has 0 spiro atoms. The third-order valence-electron chi connectivity index (χ3n) is 2.51. The highest BCUT2D eigenvalue weighted by molar-refractivity contribution is 4.69. The molecule has 0 unspecified atom stereocenters. The second kappa shape index (κ2) is 7.30. The molecule has 0 saturated carbocycles. The first-order valence-electron chi connectivity index (χ1n) is 5.39. The maximum atomic E-state index is 5.29. The highest BCUT2D eigenvalue weighted by atomic mass is 16.5. The Labute approximate surface area is 81.2 Å². The van der Waals surface area contributed by atoms with E-state index in [0.717, 1.165) is 26.3 Å². The summed E-state index contributed by atoms with van der Waals surface area (Å²) in [5.41, 5.74) is 0. The van der Waals surface area contributed by atoms with Gasteiger partial charge in [-0.1, -0.05) is 0 Å². The molecular weight excluding hydrogens is 164 g/mol. The van der Waals surface area contributed by atoms with Crippen LogP contribution in [-0.2, 0) is 4.74 Å². The number of hydrogen-bond acceptors (Lipinski definition) is 3. The van der Waals surface area contributed by atoms with E-state index in [4.69, 9.17) is 4.74 Å². The van der Waals surface area contributed by atoms with Crippen molar-refractivity contribution in [1.82, 2.24) is 10.6 Å². The minimum atomic E-state index is 0.711. The predicted octanol–water partition coefficient (Wildman–Crippen LogP) is 0.755. The minimum Gasteiger partial charge on any atom is -0.381 e. The Hall–Kier alpha value is -0.120. The molecule has 1 aliphatic rings. The zero-order chi connectivity index (χ0) is 9.36. The van der Waals surface area contributed by atoms with E-state index in [0.29, 0.717) is 6.04 Å². The second-order valence-electron chi connectivity index (χ2n) is 3.65. The Kier molecular flexibility index (Phi) is 6.15. The Morgan fingerprint density at radius 3 is 2.54 bits per heavy atom. The van der Waals surface area contributed by atoms with Gasteiger partial charge in [0.15, 0.2) is 0 Å². The van der Waals surface area contributed by atoms with Crippen LogP contribution in [0.15, 0.2) is 0 Å². The van der Waals surface area contributed by atoms with Crippen molar-refractivity contribution in [2.75, 3.05) is 33.4 Å². The van der Waals surface area contributed by atoms with Crippen LogP contribution in [-0.4, -0.2) is 39.4 Å². The molecule has 0 aromatic carbocycles. The number of ether oxygens (including phenoxy) is 1. The van der Waals surface area contributed by atoms with Gasteiger partial charge >= 0.3 is 0 Å². The van der Waals surface area contributed by atoms with E-state index >= 15 is 0 Å². The van der Waals surface area contributed by atoms with Crippen molar-refractivity contribution in [2.24, 2.45) is 0 Å². The lowest BCUT2D eigenvalue weighted by atomic mass is 10.1. The lowest BCUT2D eigenvalue weighted by Crippen LogP contribution is -2.35. The molecule has 13 heavy (non-hydrogen) atoms. The summed E-state index contributed by atoms with van der Waals surface area (Å²) in [4.78, 5) is 0. The Morgan fingerprint density at radius 2 is 1.85 bits per heavy atom. The van der Waals surface area contributed by atoms with Crippen molar-refractivity contribution in [3.05, 3.63) is 0 Å². The molecule has 1 aliphatic heterocycles. The van der Waals surface area contributed by atoms with E-state index in [1.165, 1.54) is 25.7 Å². The van der Waals surface area contributed by atoms with Gasteiger partial charge in [-0.05, 0) is 45.8 Å². The van der Waals surface area contributed by atoms with Crippen LogP contribution in [0.2, 0.25) is 0 Å². The third-order valence-corrected chi connectivity index (χ3v) is 2.51. The van der Waals surface area contributed by atoms with E-state index in [1.807, 2.05) is 7.05 Å². The maximum absolute atomic E-state index is 5.29. The molecule has 0 amide bonds. The molecular formula is C10H22N2O. The number of hydrogen-bond donors (Lipinski definition) is 2. The number of nitrogens with one attached hydrogen (secondary N) is 2. The average Bonchev–Trinajstić information content (AvgIpc) is 2.19. The van der Waals surface area contributed by atoms with Crippen molar-refractivity contribution in [3.8, 4) is 0 Å². The van der Waals surface area contributed by atoms with Crippen LogP contribution in [0.25, 0.3) is 0 Å². The van der Waals surface area contributed by atoms with Gasteiger partial charge in [0.05, 0.1) is 0 Å². The quantitative estimate of drug-likeness (QED) is 0.601. The molecule has 3 nitrogen and oxygen atoms in total. The molecule has 0 radical (unpaired) electrons. The Balaban J connectivity index is 1.86. The minimum absolute atomic E-state index is 0.711. The summed E-state index contributed by atoms with van der Waals surface area (Å²) in [5.74, 6) is 0. The SMILES string of the molecule is CNCCCCNC1CCOCC1. The van der Waals surface area contributed by atoms with Gasteiger partial charge in [-0.15, -0.1) is 0 Å². The van der Waals surface area contributed by atoms with Gasteiger partial charge in [-0.2, -0.15) is 0 Å². The van der Waals surface area contributed by atoms with Gasteiger partial charge in [-0.3, -0.25) is 0 Å². The molecule has 1 saturated heterocycles. The van der Waals surface area contributed by atoms with E-state index in [2.05, 4.69) is 10.6 Å². The standard InChI is InChI=1S/C10H22N2O/c1-11-6-2-3-7-12-10-4-8-13-9-5-10/h10-12H,2-9H2,1H3. The summed E-state index contributed by atoms with van der Waals surface area (Å²) in [7, 11) is 2.01. The van der Waals surface area contributed by atoms with Crippen molar-refractivity contribution >= 4 is 0 Å². The van der Waals surface area contributed by atoms with Crippen LogP contribution in [0.4, 0.5) is 0 Å². The molecule has 1 rings (SSSR count). The smallest absolute Gasteiger partial charge is 0.0480 e. The van der Waals surface area contributed by atoms with Gasteiger partial charge < -0.3 is 15.4 Å². The van der Waals surface area contributed by atoms with Gasteiger partial charge in [0.25, 0.3) is 0 Å². The maximum Gasteiger partial charge on any atom is 0.0480 e. The molecule has 0 atom stereocenters. The molecule has 0 aromatic rings. The Morgan fingerprint density at radius 1 is 1.15 bits per heavy atom. The van der Waals surface area contributed by atoms with E-state index in [1.54, 1.807) is 0 Å². The summed E-state index contributed by atoms with van der Waals surface area (Å²) in [6, 6.07) is 0.711. The topological polar surface area (TPSA) is 33.3 Å². The van der Waals surface area contributed by atoms with Crippen LogP contribution < -0.4 is 10.6 Å². The highest BCUT2D eigenvalue weighted by Crippen LogP contribution is 2.05. The first-order chi connectivity index (χ1) is 6.43. The lowest BCUT2D eigenvalue weighted by Gasteiger charge is -2.23. The molecule has 1 heterocycles. The second-order valence-corrected chi connectivity index (χ2v) is 3.65. The van der Waals surface area contributed by atoms with Gasteiger partial charge in [0.1, 0.15) is 0 Å². The fraction of sp³-hybridized carbons (Fsp3) is 1.00. The monoisotopic (exact) mass is 186 g/mol. The average molecular weight is 186 g/mol. The first kappa shape index (κ1) is 11.0. The van der Waals surface area contributed by atoms with Crippen molar-refractivity contribution in [3.63, 3.8) is 0 Å². The molecule has 78 valence electrons. The molecule has 0 aliphatic carbocycles. The van der Waals surface area contributed by atoms with E-state index < -0.39 is 0 Å². The molecule has 0 aromatic heterocycles. The number of rotatable bonds is 6. The van der Waals surface area contributed by atoms with E-state index in [-0.39, 0.29) is 0 Å². The molecule has 3 heteroatoms. The third kappa shape index (κ3) is 5.24. The highest BCUT2D eigenvalue weighted by Gasteiger charge is 2.11. The molecule has 1 fully saturated rings. The summed E-state index contributed by atoms with van der Waals surface area (Å²) in [6.07, 6.45) is 4.92. The fourth-order valence-electron chi connectivity index (χ4n) is 1.63. The summed E-state index contributed by atoms with van der Waals surface area (Å²) in [5, 5.41) is 6.73. The van der Waals surface area contributed by atoms with E-state index in [9.17, 15) is 0 Å². The summed E-state index contributed by atoms with van der Waals surface area (Å²) < 4.78 is 5.29. The van der Waals surface area contributed by atoms with Gasteiger partial charge in [-0.25, -0.2) is 0 Å². The fourth-order valence-corrected chi connectivity index (χ4v) is 1.63. The van der Waals surface area contributed by atoms with Crippen molar-refractivity contribution in [1.29, 1.82) is 0 Å². The molecule has 2 N–H and O–H groups in total. The van der Waals surface area contributed by atoms with Gasteiger partial charge in [0.2, 0.25) is 0 Å². The van der Waals surface area contributed by atoms with Crippen LogP contribution in [0.1, 0.15) is 25.7 Å².